The number of hydrogen-bond acceptors (Lipinski definition) is 3. The zero-order valence-electron chi connectivity index (χ0n) is 9.73. The predicted molar refractivity (Wildman–Crippen MR) is 61.7 cm³/mol. The fourth-order valence-corrected chi connectivity index (χ4v) is 1.34. The average molecular weight is 208 g/mol. The van der Waals surface area contributed by atoms with Gasteiger partial charge < -0.3 is 10.1 Å². The van der Waals surface area contributed by atoms with Crippen molar-refractivity contribution in [3.8, 4) is 0 Å². The van der Waals surface area contributed by atoms with E-state index in [9.17, 15) is 0 Å². The normalized spacial score (nSPS) is 13.1. The van der Waals surface area contributed by atoms with E-state index in [4.69, 9.17) is 4.74 Å². The van der Waals surface area contributed by atoms with E-state index in [2.05, 4.69) is 17.2 Å². The van der Waals surface area contributed by atoms with Gasteiger partial charge in [-0.15, -0.1) is 0 Å². The number of nitrogens with zero attached hydrogens (tertiary/aromatic N) is 1. The summed E-state index contributed by atoms with van der Waals surface area (Å²) in [5.41, 5.74) is 1.26. The SMILES string of the molecule is CC(C)OCCNC(C)c1ccncc1. The first-order chi connectivity index (χ1) is 7.20. The van der Waals surface area contributed by atoms with Gasteiger partial charge >= 0.3 is 0 Å². The van der Waals surface area contributed by atoms with Crippen LogP contribution in [0, 0.1) is 0 Å². The smallest absolute Gasteiger partial charge is 0.0594 e. The lowest BCUT2D eigenvalue weighted by Crippen LogP contribution is -2.24. The number of ether oxygens (including phenoxy) is 1. The maximum Gasteiger partial charge on any atom is 0.0594 e. The highest BCUT2D eigenvalue weighted by atomic mass is 16.5. The highest BCUT2D eigenvalue weighted by Gasteiger charge is 2.03. The topological polar surface area (TPSA) is 34.1 Å². The van der Waals surface area contributed by atoms with E-state index in [1.165, 1.54) is 5.56 Å². The molecule has 1 rings (SSSR count). The van der Waals surface area contributed by atoms with Crippen molar-refractivity contribution in [1.29, 1.82) is 0 Å². The van der Waals surface area contributed by atoms with Crippen LogP contribution in [0.15, 0.2) is 24.5 Å². The molecule has 15 heavy (non-hydrogen) atoms. The van der Waals surface area contributed by atoms with Crippen molar-refractivity contribution in [2.45, 2.75) is 32.9 Å². The fourth-order valence-electron chi connectivity index (χ4n) is 1.34. The van der Waals surface area contributed by atoms with Gasteiger partial charge in [-0.05, 0) is 38.5 Å². The van der Waals surface area contributed by atoms with Crippen molar-refractivity contribution in [3.05, 3.63) is 30.1 Å². The van der Waals surface area contributed by atoms with Gasteiger partial charge in [0.05, 0.1) is 12.7 Å². The maximum absolute atomic E-state index is 5.45. The second kappa shape index (κ2) is 6.53. The maximum atomic E-state index is 5.45. The van der Waals surface area contributed by atoms with Crippen LogP contribution in [0.2, 0.25) is 0 Å². The summed E-state index contributed by atoms with van der Waals surface area (Å²) in [5, 5.41) is 3.40. The molecule has 0 aliphatic rings. The molecule has 0 spiro atoms. The van der Waals surface area contributed by atoms with E-state index in [0.29, 0.717) is 12.1 Å². The van der Waals surface area contributed by atoms with Crippen LogP contribution < -0.4 is 5.32 Å². The van der Waals surface area contributed by atoms with Gasteiger partial charge in [0.15, 0.2) is 0 Å². The molecule has 0 aromatic carbocycles. The third kappa shape index (κ3) is 4.91. The summed E-state index contributed by atoms with van der Waals surface area (Å²) in [4.78, 5) is 3.99. The van der Waals surface area contributed by atoms with Crippen LogP contribution in [0.4, 0.5) is 0 Å². The molecule has 3 nitrogen and oxygen atoms in total. The van der Waals surface area contributed by atoms with Gasteiger partial charge in [0.25, 0.3) is 0 Å². The minimum atomic E-state index is 0.308. The van der Waals surface area contributed by atoms with Crippen molar-refractivity contribution in [2.24, 2.45) is 0 Å². The molecule has 0 saturated carbocycles. The number of hydrogen-bond donors (Lipinski definition) is 1. The van der Waals surface area contributed by atoms with Crippen LogP contribution in [-0.4, -0.2) is 24.2 Å². The van der Waals surface area contributed by atoms with Crippen LogP contribution in [0.5, 0.6) is 0 Å². The van der Waals surface area contributed by atoms with Crippen LogP contribution in [0.3, 0.4) is 0 Å². The van der Waals surface area contributed by atoms with Crippen molar-refractivity contribution in [3.63, 3.8) is 0 Å². The van der Waals surface area contributed by atoms with Gasteiger partial charge in [0.2, 0.25) is 0 Å². The number of aromatic nitrogens is 1. The Kier molecular flexibility index (Phi) is 5.29. The lowest BCUT2D eigenvalue weighted by atomic mass is 10.1. The largest absolute Gasteiger partial charge is 0.377 e. The zero-order chi connectivity index (χ0) is 11.1. The molecule has 1 heterocycles. The van der Waals surface area contributed by atoms with Crippen LogP contribution in [-0.2, 0) is 4.74 Å². The Morgan fingerprint density at radius 3 is 2.53 bits per heavy atom. The molecule has 1 aromatic heterocycles. The third-order valence-corrected chi connectivity index (χ3v) is 2.21. The first-order valence-corrected chi connectivity index (χ1v) is 5.45. The molecular formula is C12H20N2O. The first-order valence-electron chi connectivity index (χ1n) is 5.45. The number of nitrogens with one attached hydrogen (secondary N) is 1. The third-order valence-electron chi connectivity index (χ3n) is 2.21. The summed E-state index contributed by atoms with van der Waals surface area (Å²) in [6.07, 6.45) is 3.94. The van der Waals surface area contributed by atoms with Gasteiger partial charge in [-0.25, -0.2) is 0 Å². The van der Waals surface area contributed by atoms with Crippen LogP contribution in [0.1, 0.15) is 32.4 Å². The Hall–Kier alpha value is -0.930. The molecule has 0 aliphatic heterocycles. The number of rotatable bonds is 6. The van der Waals surface area contributed by atoms with E-state index in [1.807, 2.05) is 38.4 Å². The minimum Gasteiger partial charge on any atom is -0.377 e. The van der Waals surface area contributed by atoms with E-state index in [0.717, 1.165) is 13.2 Å². The molecule has 3 heteroatoms. The van der Waals surface area contributed by atoms with Crippen molar-refractivity contribution in [1.82, 2.24) is 10.3 Å². The van der Waals surface area contributed by atoms with Crippen molar-refractivity contribution >= 4 is 0 Å². The van der Waals surface area contributed by atoms with E-state index in [-0.39, 0.29) is 0 Å². The quantitative estimate of drug-likeness (QED) is 0.727. The second-order valence-electron chi connectivity index (χ2n) is 3.88. The van der Waals surface area contributed by atoms with Gasteiger partial charge in [-0.1, -0.05) is 0 Å². The van der Waals surface area contributed by atoms with E-state index >= 15 is 0 Å². The second-order valence-corrected chi connectivity index (χ2v) is 3.88. The highest BCUT2D eigenvalue weighted by molar-refractivity contribution is 5.13. The molecular weight excluding hydrogens is 188 g/mol. The van der Waals surface area contributed by atoms with Gasteiger partial charge in [0, 0.05) is 25.0 Å². The molecule has 0 amide bonds. The summed E-state index contributed by atoms with van der Waals surface area (Å²) in [5.74, 6) is 0. The van der Waals surface area contributed by atoms with Crippen molar-refractivity contribution in [2.75, 3.05) is 13.2 Å². The standard InChI is InChI=1S/C12H20N2O/c1-10(2)15-9-8-14-11(3)12-4-6-13-7-5-12/h4-7,10-11,14H,8-9H2,1-3H3. The van der Waals surface area contributed by atoms with Gasteiger partial charge in [-0.3, -0.25) is 4.98 Å². The summed E-state index contributed by atoms with van der Waals surface area (Å²) in [6, 6.07) is 4.41. The summed E-state index contributed by atoms with van der Waals surface area (Å²) < 4.78 is 5.45. The zero-order valence-corrected chi connectivity index (χ0v) is 9.73. The molecule has 1 N–H and O–H groups in total. The summed E-state index contributed by atoms with van der Waals surface area (Å²) in [7, 11) is 0. The minimum absolute atomic E-state index is 0.308. The lowest BCUT2D eigenvalue weighted by molar-refractivity contribution is 0.0796. The van der Waals surface area contributed by atoms with Crippen molar-refractivity contribution < 1.29 is 4.74 Å². The monoisotopic (exact) mass is 208 g/mol. The van der Waals surface area contributed by atoms with Crippen LogP contribution in [0.25, 0.3) is 0 Å². The number of pyridine rings is 1. The van der Waals surface area contributed by atoms with E-state index in [1.54, 1.807) is 0 Å². The van der Waals surface area contributed by atoms with Gasteiger partial charge in [-0.2, -0.15) is 0 Å². The highest BCUT2D eigenvalue weighted by Crippen LogP contribution is 2.09. The Morgan fingerprint density at radius 2 is 1.93 bits per heavy atom. The predicted octanol–water partition coefficient (Wildman–Crippen LogP) is 2.16. The molecule has 0 saturated heterocycles. The summed E-state index contributed by atoms with van der Waals surface area (Å²) in [6.45, 7) is 7.87. The molecule has 1 aromatic rings. The molecule has 0 bridgehead atoms. The first kappa shape index (κ1) is 12.1. The lowest BCUT2D eigenvalue weighted by Gasteiger charge is -2.14. The molecule has 84 valence electrons. The molecule has 0 aliphatic carbocycles. The Balaban J connectivity index is 2.22. The molecule has 1 atom stereocenters. The Bertz CT molecular complexity index is 262. The van der Waals surface area contributed by atoms with Crippen LogP contribution >= 0.6 is 0 Å². The average Bonchev–Trinajstić information content (AvgIpc) is 2.25. The fraction of sp³-hybridized carbons (Fsp3) is 0.583. The Morgan fingerprint density at radius 1 is 1.27 bits per heavy atom. The Labute approximate surface area is 91.9 Å². The van der Waals surface area contributed by atoms with Gasteiger partial charge in [0.1, 0.15) is 0 Å². The summed E-state index contributed by atoms with van der Waals surface area (Å²) >= 11 is 0. The van der Waals surface area contributed by atoms with E-state index < -0.39 is 0 Å². The molecule has 0 radical (unpaired) electrons. The molecule has 1 unspecified atom stereocenters. The molecule has 0 fully saturated rings.